The van der Waals surface area contributed by atoms with Crippen LogP contribution in [0.3, 0.4) is 0 Å². The van der Waals surface area contributed by atoms with Gasteiger partial charge >= 0.3 is 0 Å². The molecule has 0 aromatic carbocycles. The highest BCUT2D eigenvalue weighted by Gasteiger charge is 2.37. The average Bonchev–Trinajstić information content (AvgIpc) is 3.19. The van der Waals surface area contributed by atoms with Crippen molar-refractivity contribution < 1.29 is 9.53 Å². The molecule has 8 heteroatoms. The van der Waals surface area contributed by atoms with Gasteiger partial charge in [-0.3, -0.25) is 9.47 Å². The Bertz CT molecular complexity index is 785. The lowest BCUT2D eigenvalue weighted by atomic mass is 9.79. The van der Waals surface area contributed by atoms with Crippen molar-refractivity contribution in [3.63, 3.8) is 0 Å². The number of imidazole rings is 1. The summed E-state index contributed by atoms with van der Waals surface area (Å²) in [4.78, 5) is 26.0. The number of fused-ring (bicyclic) bond motifs is 1. The summed E-state index contributed by atoms with van der Waals surface area (Å²) in [7, 11) is 0. The van der Waals surface area contributed by atoms with E-state index < -0.39 is 0 Å². The van der Waals surface area contributed by atoms with Crippen LogP contribution < -0.4 is 5.73 Å². The quantitative estimate of drug-likeness (QED) is 0.786. The van der Waals surface area contributed by atoms with E-state index in [1.807, 2.05) is 4.57 Å². The molecule has 0 amide bonds. The molecule has 1 aliphatic carbocycles. The molecule has 1 saturated carbocycles. The third-order valence-electron chi connectivity index (χ3n) is 5.67. The molecule has 8 nitrogen and oxygen atoms in total. The zero-order valence-electron chi connectivity index (χ0n) is 15.3. The van der Waals surface area contributed by atoms with Crippen LogP contribution >= 0.6 is 0 Å². The number of anilines is 1. The Morgan fingerprint density at radius 1 is 1.35 bits per heavy atom. The molecule has 2 fully saturated rings. The molecule has 1 aliphatic heterocycles. The van der Waals surface area contributed by atoms with Gasteiger partial charge in [0.15, 0.2) is 11.5 Å². The summed E-state index contributed by atoms with van der Waals surface area (Å²) in [5.74, 6) is 0.630. The van der Waals surface area contributed by atoms with E-state index in [1.54, 1.807) is 6.33 Å². The molecular formula is C18H26N6O2. The molecule has 0 radical (unpaired) electrons. The molecule has 0 spiro atoms. The number of aldehydes is 1. The van der Waals surface area contributed by atoms with Crippen molar-refractivity contribution in [2.24, 2.45) is 5.92 Å². The van der Waals surface area contributed by atoms with Gasteiger partial charge in [0.25, 0.3) is 0 Å². The van der Waals surface area contributed by atoms with Crippen molar-refractivity contribution in [2.45, 2.75) is 63.9 Å². The summed E-state index contributed by atoms with van der Waals surface area (Å²) in [6, 6.07) is 0.936. The van der Waals surface area contributed by atoms with Gasteiger partial charge in [0.05, 0.1) is 12.4 Å². The van der Waals surface area contributed by atoms with Crippen LogP contribution in [-0.4, -0.2) is 55.4 Å². The number of carbonyl (C=O) groups excluding carboxylic acids is 1. The third kappa shape index (κ3) is 3.07. The number of nitrogens with zero attached hydrogens (tertiary/aromatic N) is 5. The lowest BCUT2D eigenvalue weighted by Gasteiger charge is -2.44. The first-order valence-electron chi connectivity index (χ1n) is 9.36. The second-order valence-electron chi connectivity index (χ2n) is 7.68. The van der Waals surface area contributed by atoms with Gasteiger partial charge in [0.2, 0.25) is 0 Å². The van der Waals surface area contributed by atoms with E-state index in [1.165, 1.54) is 6.33 Å². The number of carbonyl (C=O) groups is 1. The summed E-state index contributed by atoms with van der Waals surface area (Å²) in [5.41, 5.74) is 7.22. The van der Waals surface area contributed by atoms with E-state index in [0.29, 0.717) is 23.4 Å². The number of nitrogen functional groups attached to an aromatic ring is 1. The minimum absolute atomic E-state index is 0.0718. The first kappa shape index (κ1) is 17.4. The van der Waals surface area contributed by atoms with E-state index >= 15 is 0 Å². The number of rotatable bonds is 6. The summed E-state index contributed by atoms with van der Waals surface area (Å²) in [6.07, 6.45) is 8.26. The molecule has 2 aromatic heterocycles. The minimum Gasteiger partial charge on any atom is -0.382 e. The molecular weight excluding hydrogens is 332 g/mol. The molecule has 2 unspecified atom stereocenters. The van der Waals surface area contributed by atoms with Gasteiger partial charge in [-0.15, -0.1) is 0 Å². The van der Waals surface area contributed by atoms with E-state index in [2.05, 4.69) is 33.7 Å². The molecule has 2 aromatic rings. The molecule has 0 bridgehead atoms. The summed E-state index contributed by atoms with van der Waals surface area (Å²) < 4.78 is 8.27. The molecule has 2 atom stereocenters. The Kier molecular flexibility index (Phi) is 4.62. The van der Waals surface area contributed by atoms with Crippen LogP contribution in [0.15, 0.2) is 12.7 Å². The maximum Gasteiger partial charge on any atom is 0.167 e. The highest BCUT2D eigenvalue weighted by Crippen LogP contribution is 2.35. The SMILES string of the molecule is CC(C)N(CC1CCC(n2cnc3c(N)ncnc32)O1)C1CC(C=O)C1. The zero-order chi connectivity index (χ0) is 18.3. The second kappa shape index (κ2) is 6.92. The first-order chi connectivity index (χ1) is 12.6. The Labute approximate surface area is 152 Å². The van der Waals surface area contributed by atoms with Crippen LogP contribution in [0.2, 0.25) is 0 Å². The second-order valence-corrected chi connectivity index (χ2v) is 7.68. The van der Waals surface area contributed by atoms with Crippen LogP contribution in [0.25, 0.3) is 11.2 Å². The number of hydrogen-bond acceptors (Lipinski definition) is 7. The monoisotopic (exact) mass is 358 g/mol. The molecule has 1 saturated heterocycles. The fraction of sp³-hybridized carbons (Fsp3) is 0.667. The van der Waals surface area contributed by atoms with Crippen molar-refractivity contribution in [1.82, 2.24) is 24.4 Å². The molecule has 26 heavy (non-hydrogen) atoms. The average molecular weight is 358 g/mol. The number of nitrogens with two attached hydrogens (primary N) is 1. The number of aromatic nitrogens is 4. The third-order valence-corrected chi connectivity index (χ3v) is 5.67. The van der Waals surface area contributed by atoms with Gasteiger partial charge in [0.1, 0.15) is 24.4 Å². The predicted octanol–water partition coefficient (Wildman–Crippen LogP) is 1.77. The van der Waals surface area contributed by atoms with Crippen LogP contribution in [0.4, 0.5) is 5.82 Å². The lowest BCUT2D eigenvalue weighted by Crippen LogP contribution is -2.51. The molecule has 2 N–H and O–H groups in total. The van der Waals surface area contributed by atoms with Gasteiger partial charge in [-0.2, -0.15) is 0 Å². The maximum atomic E-state index is 10.9. The topological polar surface area (TPSA) is 99.2 Å². The van der Waals surface area contributed by atoms with E-state index in [4.69, 9.17) is 10.5 Å². The van der Waals surface area contributed by atoms with Crippen molar-refractivity contribution in [3.8, 4) is 0 Å². The predicted molar refractivity (Wildman–Crippen MR) is 97.3 cm³/mol. The smallest absolute Gasteiger partial charge is 0.167 e. The standard InChI is InChI=1S/C18H26N6O2/c1-11(2)23(13-5-12(6-13)8-25)7-14-3-4-15(26-14)24-10-22-16-17(19)20-9-21-18(16)24/h8-15H,3-7H2,1-2H3,(H2,19,20,21). The van der Waals surface area contributed by atoms with Crippen LogP contribution in [0.1, 0.15) is 45.8 Å². The van der Waals surface area contributed by atoms with Gasteiger partial charge in [-0.25, -0.2) is 15.0 Å². The largest absolute Gasteiger partial charge is 0.382 e. The molecule has 4 rings (SSSR count). The normalized spacial score (nSPS) is 28.8. The fourth-order valence-electron chi connectivity index (χ4n) is 4.13. The minimum atomic E-state index is -0.0718. The summed E-state index contributed by atoms with van der Waals surface area (Å²) in [6.45, 7) is 5.32. The number of hydrogen-bond donors (Lipinski definition) is 1. The number of ether oxygens (including phenoxy) is 1. The zero-order valence-corrected chi connectivity index (χ0v) is 15.3. The summed E-state index contributed by atoms with van der Waals surface area (Å²) >= 11 is 0. The van der Waals surface area contributed by atoms with Gasteiger partial charge in [-0.05, 0) is 39.5 Å². The van der Waals surface area contributed by atoms with E-state index in [0.717, 1.165) is 44.2 Å². The van der Waals surface area contributed by atoms with Gasteiger partial charge in [0, 0.05) is 24.5 Å². The first-order valence-corrected chi connectivity index (χ1v) is 9.36. The van der Waals surface area contributed by atoms with Gasteiger partial charge in [-0.1, -0.05) is 0 Å². The Hall–Kier alpha value is -2.06. The Balaban J connectivity index is 1.43. The fourth-order valence-corrected chi connectivity index (χ4v) is 4.13. The Morgan fingerprint density at radius 3 is 2.88 bits per heavy atom. The molecule has 2 aliphatic rings. The molecule has 140 valence electrons. The Morgan fingerprint density at radius 2 is 2.15 bits per heavy atom. The lowest BCUT2D eigenvalue weighted by molar-refractivity contribution is -0.116. The highest BCUT2D eigenvalue weighted by atomic mass is 16.5. The highest BCUT2D eigenvalue weighted by molar-refractivity contribution is 5.81. The molecule has 3 heterocycles. The van der Waals surface area contributed by atoms with Crippen molar-refractivity contribution in [2.75, 3.05) is 12.3 Å². The van der Waals surface area contributed by atoms with Crippen LogP contribution in [0, 0.1) is 5.92 Å². The maximum absolute atomic E-state index is 10.9. The van der Waals surface area contributed by atoms with E-state index in [9.17, 15) is 4.79 Å². The van der Waals surface area contributed by atoms with Crippen LogP contribution in [0.5, 0.6) is 0 Å². The summed E-state index contributed by atoms with van der Waals surface area (Å²) in [5, 5.41) is 0. The van der Waals surface area contributed by atoms with Crippen LogP contribution in [-0.2, 0) is 9.53 Å². The van der Waals surface area contributed by atoms with Crippen molar-refractivity contribution in [3.05, 3.63) is 12.7 Å². The van der Waals surface area contributed by atoms with E-state index in [-0.39, 0.29) is 18.2 Å². The van der Waals surface area contributed by atoms with Crippen molar-refractivity contribution in [1.29, 1.82) is 0 Å². The van der Waals surface area contributed by atoms with Gasteiger partial charge < -0.3 is 15.3 Å². The van der Waals surface area contributed by atoms with Crippen molar-refractivity contribution >= 4 is 23.3 Å².